The Bertz CT molecular complexity index is 684. The number of hydrogen-bond acceptors (Lipinski definition) is 4. The maximum absolute atomic E-state index is 13.3. The Morgan fingerprint density at radius 3 is 3.15 bits per heavy atom. The van der Waals surface area contributed by atoms with E-state index in [2.05, 4.69) is 22.1 Å². The van der Waals surface area contributed by atoms with Crippen molar-refractivity contribution in [1.82, 2.24) is 19.6 Å². The van der Waals surface area contributed by atoms with Crippen LogP contribution >= 0.6 is 0 Å². The third-order valence-corrected chi connectivity index (χ3v) is 3.75. The van der Waals surface area contributed by atoms with Crippen LogP contribution in [0.5, 0.6) is 0 Å². The molecule has 5 nitrogen and oxygen atoms in total. The number of nitrogens with one attached hydrogen (secondary N) is 1. The summed E-state index contributed by atoms with van der Waals surface area (Å²) in [5.74, 6) is -0.436. The predicted octanol–water partition coefficient (Wildman–Crippen LogP) is 0.627. The minimum atomic E-state index is -0.436. The largest absolute Gasteiger partial charge is 0.314 e. The molecule has 1 aliphatic rings. The number of nitrogens with zero attached hydrogens (tertiary/aromatic N) is 3. The molecule has 0 aliphatic carbocycles. The SMILES string of the molecule is C[C@H]1CNCCN1Cc1cnc2ccc(F)cn2c1=O. The summed E-state index contributed by atoms with van der Waals surface area (Å²) in [6.45, 7) is 5.40. The average molecular weight is 276 g/mol. The lowest BCUT2D eigenvalue weighted by Gasteiger charge is -2.33. The number of fused-ring (bicyclic) bond motifs is 1. The molecule has 0 radical (unpaired) electrons. The average Bonchev–Trinajstić information content (AvgIpc) is 2.45. The van der Waals surface area contributed by atoms with Crippen LogP contribution in [0.25, 0.3) is 5.65 Å². The number of rotatable bonds is 2. The molecule has 0 spiro atoms. The zero-order chi connectivity index (χ0) is 14.1. The molecular weight excluding hydrogens is 259 g/mol. The van der Waals surface area contributed by atoms with Crippen LogP contribution < -0.4 is 10.9 Å². The summed E-state index contributed by atoms with van der Waals surface area (Å²) in [6, 6.07) is 3.18. The maximum Gasteiger partial charge on any atom is 0.262 e. The molecule has 0 saturated carbocycles. The summed E-state index contributed by atoms with van der Waals surface area (Å²) in [5.41, 5.74) is 0.871. The summed E-state index contributed by atoms with van der Waals surface area (Å²) in [4.78, 5) is 18.8. The van der Waals surface area contributed by atoms with Gasteiger partial charge < -0.3 is 5.32 Å². The molecule has 3 heterocycles. The van der Waals surface area contributed by atoms with Crippen LogP contribution in [0.2, 0.25) is 0 Å². The van der Waals surface area contributed by atoms with Crippen molar-refractivity contribution in [3.8, 4) is 0 Å². The normalized spacial score (nSPS) is 20.4. The van der Waals surface area contributed by atoms with Crippen molar-refractivity contribution in [3.05, 3.63) is 46.3 Å². The van der Waals surface area contributed by atoms with E-state index in [0.717, 1.165) is 19.6 Å². The van der Waals surface area contributed by atoms with Gasteiger partial charge in [-0.1, -0.05) is 0 Å². The fraction of sp³-hybridized carbons (Fsp3) is 0.429. The molecule has 2 aromatic rings. The Morgan fingerprint density at radius 1 is 1.50 bits per heavy atom. The lowest BCUT2D eigenvalue weighted by molar-refractivity contribution is 0.165. The van der Waals surface area contributed by atoms with E-state index in [-0.39, 0.29) is 5.56 Å². The van der Waals surface area contributed by atoms with Crippen molar-refractivity contribution in [3.63, 3.8) is 0 Å². The summed E-state index contributed by atoms with van der Waals surface area (Å²) >= 11 is 0. The molecule has 0 unspecified atom stereocenters. The monoisotopic (exact) mass is 276 g/mol. The van der Waals surface area contributed by atoms with Crippen molar-refractivity contribution >= 4 is 5.65 Å². The van der Waals surface area contributed by atoms with E-state index in [1.807, 2.05) is 0 Å². The van der Waals surface area contributed by atoms with Gasteiger partial charge in [-0.3, -0.25) is 14.1 Å². The predicted molar refractivity (Wildman–Crippen MR) is 74.2 cm³/mol. The lowest BCUT2D eigenvalue weighted by atomic mass is 10.2. The molecule has 0 aromatic carbocycles. The molecule has 1 N–H and O–H groups in total. The van der Waals surface area contributed by atoms with Crippen molar-refractivity contribution in [2.75, 3.05) is 19.6 Å². The van der Waals surface area contributed by atoms with Gasteiger partial charge in [0.05, 0.1) is 5.56 Å². The number of pyridine rings is 1. The molecule has 2 aromatic heterocycles. The molecule has 3 rings (SSSR count). The number of halogens is 1. The lowest BCUT2D eigenvalue weighted by Crippen LogP contribution is -2.49. The van der Waals surface area contributed by atoms with Crippen molar-refractivity contribution in [1.29, 1.82) is 0 Å². The van der Waals surface area contributed by atoms with Gasteiger partial charge in [0.1, 0.15) is 11.5 Å². The highest BCUT2D eigenvalue weighted by molar-refractivity contribution is 5.38. The molecule has 1 aliphatic heterocycles. The topological polar surface area (TPSA) is 49.6 Å². The number of aromatic nitrogens is 2. The molecular formula is C14H17FN4O. The highest BCUT2D eigenvalue weighted by Crippen LogP contribution is 2.08. The van der Waals surface area contributed by atoms with Crippen molar-refractivity contribution in [2.45, 2.75) is 19.5 Å². The van der Waals surface area contributed by atoms with Crippen molar-refractivity contribution in [2.24, 2.45) is 0 Å². The summed E-state index contributed by atoms with van der Waals surface area (Å²) < 4.78 is 14.5. The van der Waals surface area contributed by atoms with Gasteiger partial charge in [0, 0.05) is 44.6 Å². The van der Waals surface area contributed by atoms with E-state index in [9.17, 15) is 9.18 Å². The zero-order valence-electron chi connectivity index (χ0n) is 11.3. The molecule has 0 amide bonds. The minimum Gasteiger partial charge on any atom is -0.314 e. The first-order chi connectivity index (χ1) is 9.65. The van der Waals surface area contributed by atoms with Crippen LogP contribution in [-0.4, -0.2) is 40.0 Å². The van der Waals surface area contributed by atoms with E-state index < -0.39 is 5.82 Å². The van der Waals surface area contributed by atoms with Gasteiger partial charge in [0.2, 0.25) is 0 Å². The van der Waals surface area contributed by atoms with E-state index in [1.165, 1.54) is 22.7 Å². The Hall–Kier alpha value is -1.79. The maximum atomic E-state index is 13.3. The van der Waals surface area contributed by atoms with E-state index >= 15 is 0 Å². The quantitative estimate of drug-likeness (QED) is 0.874. The highest BCUT2D eigenvalue weighted by atomic mass is 19.1. The van der Waals surface area contributed by atoms with Gasteiger partial charge in [0.25, 0.3) is 5.56 Å². The van der Waals surface area contributed by atoms with Gasteiger partial charge in [-0.05, 0) is 19.1 Å². The van der Waals surface area contributed by atoms with Crippen molar-refractivity contribution < 1.29 is 4.39 Å². The van der Waals surface area contributed by atoms with Crippen LogP contribution in [-0.2, 0) is 6.54 Å². The fourth-order valence-electron chi connectivity index (χ4n) is 2.53. The first-order valence-electron chi connectivity index (χ1n) is 6.76. The molecule has 6 heteroatoms. The van der Waals surface area contributed by atoms with Crippen LogP contribution in [0.4, 0.5) is 4.39 Å². The van der Waals surface area contributed by atoms with Gasteiger partial charge in [-0.25, -0.2) is 9.37 Å². The Kier molecular flexibility index (Phi) is 3.50. The zero-order valence-corrected chi connectivity index (χ0v) is 11.3. The number of piperazine rings is 1. The second-order valence-corrected chi connectivity index (χ2v) is 5.19. The van der Waals surface area contributed by atoms with Crippen LogP contribution in [0.1, 0.15) is 12.5 Å². The first-order valence-corrected chi connectivity index (χ1v) is 6.76. The van der Waals surface area contributed by atoms with Gasteiger partial charge in [0.15, 0.2) is 0 Å². The van der Waals surface area contributed by atoms with Gasteiger partial charge in [-0.15, -0.1) is 0 Å². The van der Waals surface area contributed by atoms with E-state index in [4.69, 9.17) is 0 Å². The fourth-order valence-corrected chi connectivity index (χ4v) is 2.53. The van der Waals surface area contributed by atoms with E-state index in [0.29, 0.717) is 23.8 Å². The first kappa shape index (κ1) is 13.2. The smallest absolute Gasteiger partial charge is 0.262 e. The summed E-state index contributed by atoms with van der Waals surface area (Å²) in [7, 11) is 0. The minimum absolute atomic E-state index is 0.194. The van der Waals surface area contributed by atoms with Gasteiger partial charge in [-0.2, -0.15) is 0 Å². The third-order valence-electron chi connectivity index (χ3n) is 3.75. The standard InChI is InChI=1S/C14H17FN4O/c1-10-6-16-4-5-18(10)8-11-7-17-13-3-2-12(15)9-19(13)14(11)20/h2-3,7,9-10,16H,4-6,8H2,1H3/t10-/m0/s1. The molecule has 1 atom stereocenters. The Labute approximate surface area is 116 Å². The molecule has 20 heavy (non-hydrogen) atoms. The third kappa shape index (κ3) is 2.44. The number of hydrogen-bond donors (Lipinski definition) is 1. The van der Waals surface area contributed by atoms with Crippen LogP contribution in [0, 0.1) is 5.82 Å². The van der Waals surface area contributed by atoms with E-state index in [1.54, 1.807) is 6.20 Å². The van der Waals surface area contributed by atoms with Gasteiger partial charge >= 0.3 is 0 Å². The molecule has 1 saturated heterocycles. The second-order valence-electron chi connectivity index (χ2n) is 5.19. The second kappa shape index (κ2) is 5.30. The summed E-state index contributed by atoms with van der Waals surface area (Å²) in [5, 5.41) is 3.31. The Balaban J connectivity index is 1.95. The van der Waals surface area contributed by atoms with Crippen LogP contribution in [0.15, 0.2) is 29.3 Å². The Morgan fingerprint density at radius 2 is 2.35 bits per heavy atom. The molecule has 0 bridgehead atoms. The highest BCUT2D eigenvalue weighted by Gasteiger charge is 2.19. The molecule has 106 valence electrons. The summed E-state index contributed by atoms with van der Waals surface area (Å²) in [6.07, 6.45) is 2.79. The molecule has 1 fully saturated rings. The van der Waals surface area contributed by atoms with Crippen LogP contribution in [0.3, 0.4) is 0 Å².